The zero-order valence-corrected chi connectivity index (χ0v) is 22.4. The van der Waals surface area contributed by atoms with Gasteiger partial charge in [-0.2, -0.15) is 11.8 Å². The van der Waals surface area contributed by atoms with Crippen molar-refractivity contribution in [3.8, 4) is 11.5 Å². The molecule has 0 fully saturated rings. The van der Waals surface area contributed by atoms with Gasteiger partial charge in [0, 0.05) is 35.1 Å². The number of thioether (sulfide) groups is 1. The number of aliphatic imine (C=N–C) groups is 1. The van der Waals surface area contributed by atoms with Gasteiger partial charge in [-0.25, -0.2) is 4.39 Å². The van der Waals surface area contributed by atoms with E-state index in [9.17, 15) is 14.0 Å². The molecule has 1 aliphatic heterocycles. The second-order valence-electron chi connectivity index (χ2n) is 9.13. The van der Waals surface area contributed by atoms with Crippen molar-refractivity contribution in [3.05, 3.63) is 70.7 Å². The minimum Gasteiger partial charge on any atom is -0.493 e. The Bertz CT molecular complexity index is 1220. The summed E-state index contributed by atoms with van der Waals surface area (Å²) in [6.07, 6.45) is 0.815. The maximum Gasteiger partial charge on any atom is 0.315 e. The van der Waals surface area contributed by atoms with Gasteiger partial charge in [-0.15, -0.1) is 0 Å². The minimum atomic E-state index is -0.739. The van der Waals surface area contributed by atoms with E-state index in [1.165, 1.54) is 12.1 Å². The van der Waals surface area contributed by atoms with Crippen LogP contribution in [0.2, 0.25) is 0 Å². The predicted octanol–water partition coefficient (Wildman–Crippen LogP) is 5.71. The number of allylic oxidation sites excluding steroid dienone is 2. The summed E-state index contributed by atoms with van der Waals surface area (Å²) in [7, 11) is 3.16. The third-order valence-corrected chi connectivity index (χ3v) is 7.79. The van der Waals surface area contributed by atoms with E-state index in [0.717, 1.165) is 11.3 Å². The van der Waals surface area contributed by atoms with Crippen molar-refractivity contribution in [3.63, 3.8) is 0 Å². The molecule has 6 nitrogen and oxygen atoms in total. The number of nitrogens with zero attached hydrogens (tertiary/aromatic N) is 1. The first-order valence-electron chi connectivity index (χ1n) is 12.4. The quantitative estimate of drug-likeness (QED) is 0.308. The number of ketones is 1. The molecule has 1 heterocycles. The summed E-state index contributed by atoms with van der Waals surface area (Å²) in [6, 6.07) is 11.7. The van der Waals surface area contributed by atoms with Gasteiger partial charge in [0.2, 0.25) is 0 Å². The van der Waals surface area contributed by atoms with Gasteiger partial charge in [0.1, 0.15) is 18.3 Å². The summed E-state index contributed by atoms with van der Waals surface area (Å²) < 4.78 is 30.2. The van der Waals surface area contributed by atoms with E-state index in [4.69, 9.17) is 19.2 Å². The van der Waals surface area contributed by atoms with Gasteiger partial charge in [0.05, 0.1) is 14.2 Å². The highest BCUT2D eigenvalue weighted by molar-refractivity contribution is 7.99. The molecule has 196 valence electrons. The summed E-state index contributed by atoms with van der Waals surface area (Å²) in [5.41, 5.74) is 3.46. The smallest absolute Gasteiger partial charge is 0.315 e. The number of hydrogen-bond acceptors (Lipinski definition) is 7. The SMILES string of the molecule is CCSCCOC(=O)C1C(C)=NC2=C(C(=O)C[C@H](c3ccc(OC)c(OC)c3)C2)[C@H]1c1ccc(F)cc1. The van der Waals surface area contributed by atoms with Gasteiger partial charge < -0.3 is 14.2 Å². The molecule has 0 saturated heterocycles. The summed E-state index contributed by atoms with van der Waals surface area (Å²) >= 11 is 1.69. The molecule has 1 unspecified atom stereocenters. The first kappa shape index (κ1) is 26.9. The van der Waals surface area contributed by atoms with E-state index in [2.05, 4.69) is 0 Å². The number of carbonyl (C=O) groups excluding carboxylic acids is 2. The lowest BCUT2D eigenvalue weighted by Gasteiger charge is -2.36. The number of halogens is 1. The summed E-state index contributed by atoms with van der Waals surface area (Å²) in [6.45, 7) is 4.14. The highest BCUT2D eigenvalue weighted by atomic mass is 32.2. The van der Waals surface area contributed by atoms with E-state index < -0.39 is 17.8 Å². The zero-order valence-electron chi connectivity index (χ0n) is 21.6. The second kappa shape index (κ2) is 11.9. The lowest BCUT2D eigenvalue weighted by Crippen LogP contribution is -2.38. The average molecular weight is 526 g/mol. The van der Waals surface area contributed by atoms with Gasteiger partial charge in [-0.05, 0) is 60.4 Å². The highest BCUT2D eigenvalue weighted by Crippen LogP contribution is 2.47. The molecule has 1 aliphatic carbocycles. The Morgan fingerprint density at radius 1 is 1.05 bits per heavy atom. The Balaban J connectivity index is 1.70. The van der Waals surface area contributed by atoms with E-state index >= 15 is 0 Å². The Hall–Kier alpha value is -3.13. The summed E-state index contributed by atoms with van der Waals surface area (Å²) in [5.74, 6) is 0.608. The van der Waals surface area contributed by atoms with Crippen molar-refractivity contribution >= 4 is 29.2 Å². The third kappa shape index (κ3) is 5.74. The molecule has 37 heavy (non-hydrogen) atoms. The minimum absolute atomic E-state index is 0.0639. The van der Waals surface area contributed by atoms with Crippen LogP contribution in [0.25, 0.3) is 0 Å². The van der Waals surface area contributed by atoms with Crippen LogP contribution in [-0.4, -0.2) is 49.8 Å². The van der Waals surface area contributed by atoms with Crippen LogP contribution in [0, 0.1) is 11.7 Å². The van der Waals surface area contributed by atoms with Crippen LogP contribution in [0.3, 0.4) is 0 Å². The molecule has 3 atom stereocenters. The van der Waals surface area contributed by atoms with Crippen LogP contribution >= 0.6 is 11.8 Å². The van der Waals surface area contributed by atoms with Gasteiger partial charge in [0.15, 0.2) is 17.3 Å². The lowest BCUT2D eigenvalue weighted by atomic mass is 9.69. The van der Waals surface area contributed by atoms with E-state index in [-0.39, 0.29) is 23.9 Å². The molecule has 0 N–H and O–H groups in total. The standard InChI is InChI=1S/C29H32FNO5S/c1-5-37-13-12-36-29(33)26-17(2)31-22-14-20(19-8-11-24(34-3)25(16-19)35-4)15-23(32)28(22)27(26)18-6-9-21(30)10-7-18/h6-11,16,20,26-27H,5,12-15H2,1-4H3/t20-,26?,27+/m1/s1. The van der Waals surface area contributed by atoms with Gasteiger partial charge in [-0.1, -0.05) is 25.1 Å². The number of methoxy groups -OCH3 is 2. The Morgan fingerprint density at radius 3 is 2.43 bits per heavy atom. The topological polar surface area (TPSA) is 74.2 Å². The van der Waals surface area contributed by atoms with E-state index in [1.54, 1.807) is 45.0 Å². The number of hydrogen-bond donors (Lipinski definition) is 0. The molecule has 2 aliphatic rings. The first-order valence-corrected chi connectivity index (χ1v) is 13.6. The average Bonchev–Trinajstić information content (AvgIpc) is 2.90. The molecule has 4 rings (SSSR count). The number of rotatable bonds is 9. The van der Waals surface area contributed by atoms with Crippen LogP contribution in [-0.2, 0) is 14.3 Å². The molecular weight excluding hydrogens is 493 g/mol. The van der Waals surface area contributed by atoms with Crippen LogP contribution in [0.5, 0.6) is 11.5 Å². The van der Waals surface area contributed by atoms with Crippen molar-refractivity contribution in [1.29, 1.82) is 0 Å². The molecule has 0 saturated carbocycles. The molecule has 8 heteroatoms. The normalized spacial score (nSPS) is 21.3. The predicted molar refractivity (Wildman–Crippen MR) is 143 cm³/mol. The largest absolute Gasteiger partial charge is 0.493 e. The molecule has 0 amide bonds. The molecule has 2 aromatic carbocycles. The zero-order chi connectivity index (χ0) is 26.5. The molecule has 0 spiro atoms. The number of carbonyl (C=O) groups is 2. The van der Waals surface area contributed by atoms with Crippen molar-refractivity contribution in [2.24, 2.45) is 10.9 Å². The van der Waals surface area contributed by atoms with Crippen molar-refractivity contribution in [2.75, 3.05) is 32.3 Å². The first-order chi connectivity index (χ1) is 17.9. The van der Waals surface area contributed by atoms with Gasteiger partial charge in [0.25, 0.3) is 0 Å². The molecule has 2 aromatic rings. The summed E-state index contributed by atoms with van der Waals surface area (Å²) in [4.78, 5) is 31.8. The fourth-order valence-electron chi connectivity index (χ4n) is 5.17. The number of esters is 1. The third-order valence-electron chi connectivity index (χ3n) is 6.93. The number of benzene rings is 2. The molecule has 0 bridgehead atoms. The van der Waals surface area contributed by atoms with E-state index in [1.807, 2.05) is 25.1 Å². The molecular formula is C29H32FNO5S. The Labute approximate surface area is 221 Å². The van der Waals surface area contributed by atoms with Crippen LogP contribution in [0.4, 0.5) is 4.39 Å². The maximum atomic E-state index is 13.8. The molecule has 0 radical (unpaired) electrons. The highest BCUT2D eigenvalue weighted by Gasteiger charge is 2.44. The van der Waals surface area contributed by atoms with Crippen LogP contribution in [0.15, 0.2) is 58.7 Å². The van der Waals surface area contributed by atoms with Crippen LogP contribution in [0.1, 0.15) is 49.7 Å². The second-order valence-corrected chi connectivity index (χ2v) is 10.5. The van der Waals surface area contributed by atoms with E-state index in [0.29, 0.717) is 52.8 Å². The molecule has 0 aromatic heterocycles. The number of ether oxygens (including phenoxy) is 3. The fraction of sp³-hybridized carbons (Fsp3) is 0.414. The fourth-order valence-corrected chi connectivity index (χ4v) is 5.66. The summed E-state index contributed by atoms with van der Waals surface area (Å²) in [5, 5.41) is 0. The monoisotopic (exact) mass is 525 g/mol. The Morgan fingerprint density at radius 2 is 1.76 bits per heavy atom. The van der Waals surface area contributed by atoms with Crippen molar-refractivity contribution < 1.29 is 28.2 Å². The number of Topliss-reactive ketones (excluding diaryl/α,β-unsaturated/α-hetero) is 1. The van der Waals surface area contributed by atoms with Crippen molar-refractivity contribution in [1.82, 2.24) is 0 Å². The van der Waals surface area contributed by atoms with Crippen LogP contribution < -0.4 is 9.47 Å². The van der Waals surface area contributed by atoms with Gasteiger partial charge in [-0.3, -0.25) is 14.6 Å². The lowest BCUT2D eigenvalue weighted by molar-refractivity contribution is -0.145. The van der Waals surface area contributed by atoms with Gasteiger partial charge >= 0.3 is 5.97 Å². The Kier molecular flexibility index (Phi) is 8.69. The maximum absolute atomic E-state index is 13.8. The van der Waals surface area contributed by atoms with Crippen molar-refractivity contribution in [2.45, 2.75) is 38.5 Å².